The van der Waals surface area contributed by atoms with Crippen molar-refractivity contribution in [1.29, 1.82) is 0 Å². The van der Waals surface area contributed by atoms with Gasteiger partial charge in [0.15, 0.2) is 5.82 Å². The smallest absolute Gasteiger partial charge is 0.297 e. The molecule has 1 atom stereocenters. The zero-order valence-electron chi connectivity index (χ0n) is 14.5. The predicted molar refractivity (Wildman–Crippen MR) is 101 cm³/mol. The number of alkyl halides is 2. The van der Waals surface area contributed by atoms with E-state index in [-0.39, 0.29) is 6.04 Å². The van der Waals surface area contributed by atoms with Gasteiger partial charge in [-0.15, -0.1) is 0 Å². The quantitative estimate of drug-likeness (QED) is 0.661. The van der Waals surface area contributed by atoms with Crippen LogP contribution in [-0.4, -0.2) is 35.5 Å². The van der Waals surface area contributed by atoms with Crippen LogP contribution in [-0.2, 0) is 0 Å². The maximum absolute atomic E-state index is 13.1. The minimum Gasteiger partial charge on any atom is -0.368 e. The van der Waals surface area contributed by atoms with E-state index < -0.39 is 12.2 Å². The average Bonchev–Trinajstić information content (AvgIpc) is 2.62. The van der Waals surface area contributed by atoms with E-state index in [4.69, 9.17) is 11.6 Å². The molecule has 136 valence electrons. The highest BCUT2D eigenvalue weighted by atomic mass is 35.5. The number of likely N-dealkylation sites (N-methyl/N-ethyl adjacent to an activating group) is 1. The van der Waals surface area contributed by atoms with Crippen molar-refractivity contribution in [2.45, 2.75) is 12.5 Å². The number of aromatic nitrogens is 2. The van der Waals surface area contributed by atoms with Gasteiger partial charge >= 0.3 is 0 Å². The number of fused-ring (bicyclic) bond motifs is 1. The van der Waals surface area contributed by atoms with Gasteiger partial charge in [-0.25, -0.2) is 18.7 Å². The van der Waals surface area contributed by atoms with Gasteiger partial charge in [0, 0.05) is 17.0 Å². The predicted octanol–water partition coefficient (Wildman–Crippen LogP) is 4.94. The first-order chi connectivity index (χ1) is 12.5. The number of benzene rings is 2. The third-order valence-electron chi connectivity index (χ3n) is 4.17. The molecular formula is C19H19ClF2N4. The fourth-order valence-electron chi connectivity index (χ4n) is 2.84. The van der Waals surface area contributed by atoms with Crippen molar-refractivity contribution >= 4 is 28.3 Å². The Labute approximate surface area is 155 Å². The zero-order chi connectivity index (χ0) is 18.7. The first-order valence-electron chi connectivity index (χ1n) is 8.17. The van der Waals surface area contributed by atoms with Crippen LogP contribution in [0.2, 0.25) is 5.02 Å². The van der Waals surface area contributed by atoms with Crippen LogP contribution in [0.3, 0.4) is 0 Å². The standard InChI is InChI=1S/C19H19ClF2N4/c1-26(2)16(12-7-3-5-9-14(12)20)11-23-18-13-8-4-6-10-15(13)24-19(25-18)17(21)22/h3-10,16-17H,11H2,1-2H3,(H,23,24,25). The number of nitrogens with one attached hydrogen (secondary N) is 1. The maximum atomic E-state index is 13.1. The molecule has 1 unspecified atom stereocenters. The summed E-state index contributed by atoms with van der Waals surface area (Å²) >= 11 is 6.33. The molecule has 0 aliphatic carbocycles. The highest BCUT2D eigenvalue weighted by molar-refractivity contribution is 6.31. The molecule has 0 saturated carbocycles. The van der Waals surface area contributed by atoms with E-state index in [2.05, 4.69) is 15.3 Å². The summed E-state index contributed by atoms with van der Waals surface area (Å²) in [7, 11) is 3.89. The lowest BCUT2D eigenvalue weighted by atomic mass is 10.1. The molecule has 0 saturated heterocycles. The molecule has 7 heteroatoms. The second-order valence-corrected chi connectivity index (χ2v) is 6.54. The second-order valence-electron chi connectivity index (χ2n) is 6.13. The van der Waals surface area contributed by atoms with Gasteiger partial charge in [0.2, 0.25) is 0 Å². The Morgan fingerprint density at radius 2 is 1.73 bits per heavy atom. The largest absolute Gasteiger partial charge is 0.368 e. The van der Waals surface area contributed by atoms with Crippen LogP contribution in [0.15, 0.2) is 48.5 Å². The molecule has 0 radical (unpaired) electrons. The summed E-state index contributed by atoms with van der Waals surface area (Å²) in [4.78, 5) is 9.98. The summed E-state index contributed by atoms with van der Waals surface area (Å²) in [6.07, 6.45) is -2.73. The molecule has 2 aromatic carbocycles. The lowest BCUT2D eigenvalue weighted by molar-refractivity contribution is 0.141. The van der Waals surface area contributed by atoms with Gasteiger partial charge in [0.25, 0.3) is 6.43 Å². The Morgan fingerprint density at radius 1 is 1.04 bits per heavy atom. The third-order valence-corrected chi connectivity index (χ3v) is 4.51. The first-order valence-corrected chi connectivity index (χ1v) is 8.54. The molecule has 1 aromatic heterocycles. The average molecular weight is 377 g/mol. The number of anilines is 1. The van der Waals surface area contributed by atoms with E-state index in [1.165, 1.54) is 0 Å². The number of rotatable bonds is 6. The molecule has 0 fully saturated rings. The Kier molecular flexibility index (Phi) is 5.64. The molecular weight excluding hydrogens is 358 g/mol. The van der Waals surface area contributed by atoms with Crippen molar-refractivity contribution in [3.05, 3.63) is 64.9 Å². The van der Waals surface area contributed by atoms with Crippen molar-refractivity contribution in [3.63, 3.8) is 0 Å². The van der Waals surface area contributed by atoms with Crippen molar-refractivity contribution < 1.29 is 8.78 Å². The SMILES string of the molecule is CN(C)C(CNc1nc(C(F)F)nc2ccccc12)c1ccccc1Cl. The van der Waals surface area contributed by atoms with Crippen LogP contribution in [0, 0.1) is 0 Å². The highest BCUT2D eigenvalue weighted by Crippen LogP contribution is 2.28. The summed E-state index contributed by atoms with van der Waals surface area (Å²) < 4.78 is 26.3. The molecule has 0 amide bonds. The Bertz CT molecular complexity index is 902. The van der Waals surface area contributed by atoms with Gasteiger partial charge in [-0.2, -0.15) is 0 Å². The lowest BCUT2D eigenvalue weighted by Gasteiger charge is -2.26. The number of hydrogen-bond acceptors (Lipinski definition) is 4. The monoisotopic (exact) mass is 376 g/mol. The van der Waals surface area contributed by atoms with E-state index >= 15 is 0 Å². The number of hydrogen-bond donors (Lipinski definition) is 1. The highest BCUT2D eigenvalue weighted by Gasteiger charge is 2.19. The Morgan fingerprint density at radius 3 is 2.42 bits per heavy atom. The van der Waals surface area contributed by atoms with Crippen LogP contribution in [0.4, 0.5) is 14.6 Å². The first kappa shape index (κ1) is 18.5. The van der Waals surface area contributed by atoms with Crippen LogP contribution in [0.1, 0.15) is 23.9 Å². The fraction of sp³-hybridized carbons (Fsp3) is 0.263. The Hall–Kier alpha value is -2.31. The molecule has 26 heavy (non-hydrogen) atoms. The van der Waals surface area contributed by atoms with Crippen molar-refractivity contribution in [2.75, 3.05) is 26.0 Å². The van der Waals surface area contributed by atoms with Gasteiger partial charge in [-0.1, -0.05) is 41.9 Å². The van der Waals surface area contributed by atoms with Crippen molar-refractivity contribution in [3.8, 4) is 0 Å². The molecule has 0 bridgehead atoms. The van der Waals surface area contributed by atoms with E-state index in [0.717, 1.165) is 5.56 Å². The molecule has 3 aromatic rings. The summed E-state index contributed by atoms with van der Waals surface area (Å²) in [6, 6.07) is 14.6. The molecule has 0 aliphatic heterocycles. The minimum atomic E-state index is -2.73. The molecule has 1 heterocycles. The van der Waals surface area contributed by atoms with E-state index in [1.807, 2.05) is 55.4 Å². The third kappa shape index (κ3) is 3.92. The topological polar surface area (TPSA) is 41.0 Å². The second kappa shape index (κ2) is 7.93. The minimum absolute atomic E-state index is 0.0487. The van der Waals surface area contributed by atoms with Gasteiger partial charge in [-0.3, -0.25) is 0 Å². The molecule has 3 rings (SSSR count). The van der Waals surface area contributed by atoms with Gasteiger partial charge in [-0.05, 0) is 37.9 Å². The summed E-state index contributed by atoms with van der Waals surface area (Å²) in [5, 5.41) is 4.57. The van der Waals surface area contributed by atoms with Crippen LogP contribution in [0.25, 0.3) is 10.9 Å². The fourth-order valence-corrected chi connectivity index (χ4v) is 3.10. The maximum Gasteiger partial charge on any atom is 0.297 e. The molecule has 1 N–H and O–H groups in total. The Balaban J connectivity index is 1.94. The number of halogens is 3. The van der Waals surface area contributed by atoms with E-state index in [1.54, 1.807) is 12.1 Å². The normalized spacial score (nSPS) is 12.7. The van der Waals surface area contributed by atoms with Crippen molar-refractivity contribution in [1.82, 2.24) is 14.9 Å². The number of para-hydroxylation sites is 1. The molecule has 0 aliphatic rings. The van der Waals surface area contributed by atoms with E-state index in [0.29, 0.717) is 28.3 Å². The van der Waals surface area contributed by atoms with Crippen LogP contribution in [0.5, 0.6) is 0 Å². The molecule has 0 spiro atoms. The van der Waals surface area contributed by atoms with E-state index in [9.17, 15) is 8.78 Å². The van der Waals surface area contributed by atoms with Crippen LogP contribution < -0.4 is 5.32 Å². The number of nitrogens with zero attached hydrogens (tertiary/aromatic N) is 3. The van der Waals surface area contributed by atoms with Crippen LogP contribution >= 0.6 is 11.6 Å². The molecule has 4 nitrogen and oxygen atoms in total. The van der Waals surface area contributed by atoms with Gasteiger partial charge in [0.1, 0.15) is 5.82 Å². The van der Waals surface area contributed by atoms with Gasteiger partial charge < -0.3 is 10.2 Å². The zero-order valence-corrected chi connectivity index (χ0v) is 15.2. The lowest BCUT2D eigenvalue weighted by Crippen LogP contribution is -2.27. The summed E-state index contributed by atoms with van der Waals surface area (Å²) in [5.74, 6) is -0.0878. The summed E-state index contributed by atoms with van der Waals surface area (Å²) in [6.45, 7) is 0.459. The van der Waals surface area contributed by atoms with Gasteiger partial charge in [0.05, 0.1) is 11.6 Å². The van der Waals surface area contributed by atoms with Crippen molar-refractivity contribution in [2.24, 2.45) is 0 Å². The summed E-state index contributed by atoms with van der Waals surface area (Å²) in [5.41, 5.74) is 1.44.